The van der Waals surface area contributed by atoms with Crippen LogP contribution in [0.25, 0.3) is 5.69 Å². The summed E-state index contributed by atoms with van der Waals surface area (Å²) in [6, 6.07) is 11.7. The van der Waals surface area contributed by atoms with Crippen molar-refractivity contribution < 1.29 is 9.18 Å². The highest BCUT2D eigenvalue weighted by molar-refractivity contribution is 6.35. The fourth-order valence-corrected chi connectivity index (χ4v) is 2.95. The van der Waals surface area contributed by atoms with Gasteiger partial charge in [-0.1, -0.05) is 23.2 Å². The summed E-state index contributed by atoms with van der Waals surface area (Å²) in [5, 5.41) is 9.97. The molecule has 0 unspecified atom stereocenters. The van der Waals surface area contributed by atoms with Crippen molar-refractivity contribution in [1.29, 1.82) is 5.26 Å². The van der Waals surface area contributed by atoms with E-state index in [0.29, 0.717) is 15.7 Å². The van der Waals surface area contributed by atoms with Crippen LogP contribution in [0.5, 0.6) is 0 Å². The Morgan fingerprint density at radius 2 is 1.84 bits per heavy atom. The number of ketones is 1. The van der Waals surface area contributed by atoms with Gasteiger partial charge >= 0.3 is 0 Å². The number of carbonyl (C=O) groups excluding carboxylic acids is 1. The third kappa shape index (κ3) is 3.10. The Kier molecular flexibility index (Phi) is 4.49. The average Bonchev–Trinajstić information content (AvgIpc) is 2.91. The standard InChI is InChI=1S/C18H10Cl2FN3O/c19-12-3-6-15(14(20)7-12)24-9-11(8-22)16(23)17(24)18(25)10-1-4-13(21)5-2-10/h1-7,9H,23H2. The van der Waals surface area contributed by atoms with Crippen molar-refractivity contribution in [3.63, 3.8) is 0 Å². The number of nitrogens with zero attached hydrogens (tertiary/aromatic N) is 2. The summed E-state index contributed by atoms with van der Waals surface area (Å²) in [4.78, 5) is 12.9. The van der Waals surface area contributed by atoms with Crippen LogP contribution in [0.1, 0.15) is 21.6 Å². The molecule has 1 heterocycles. The molecule has 0 bridgehead atoms. The molecule has 3 aromatic rings. The van der Waals surface area contributed by atoms with Crippen LogP contribution in [0.2, 0.25) is 10.0 Å². The number of rotatable bonds is 3. The maximum absolute atomic E-state index is 13.1. The van der Waals surface area contributed by atoms with E-state index in [1.807, 2.05) is 6.07 Å². The molecule has 0 saturated carbocycles. The van der Waals surface area contributed by atoms with Crippen LogP contribution >= 0.6 is 23.2 Å². The summed E-state index contributed by atoms with van der Waals surface area (Å²) in [5.74, 6) is -0.914. The molecule has 0 fully saturated rings. The van der Waals surface area contributed by atoms with Gasteiger partial charge in [0.25, 0.3) is 0 Å². The Balaban J connectivity index is 2.22. The molecule has 0 spiro atoms. The van der Waals surface area contributed by atoms with Gasteiger partial charge in [-0.25, -0.2) is 4.39 Å². The Labute approximate surface area is 152 Å². The van der Waals surface area contributed by atoms with Gasteiger partial charge in [-0.15, -0.1) is 0 Å². The van der Waals surface area contributed by atoms with E-state index < -0.39 is 11.6 Å². The molecule has 0 aliphatic carbocycles. The fraction of sp³-hybridized carbons (Fsp3) is 0. The molecule has 0 aliphatic heterocycles. The van der Waals surface area contributed by atoms with Crippen LogP contribution < -0.4 is 5.73 Å². The number of halogens is 3. The molecule has 2 N–H and O–H groups in total. The van der Waals surface area contributed by atoms with Crippen molar-refractivity contribution in [3.05, 3.63) is 81.3 Å². The summed E-state index contributed by atoms with van der Waals surface area (Å²) >= 11 is 12.1. The summed E-state index contributed by atoms with van der Waals surface area (Å²) < 4.78 is 14.6. The van der Waals surface area contributed by atoms with E-state index in [-0.39, 0.29) is 22.5 Å². The van der Waals surface area contributed by atoms with Crippen LogP contribution in [0, 0.1) is 17.1 Å². The van der Waals surface area contributed by atoms with Gasteiger partial charge in [0.15, 0.2) is 0 Å². The van der Waals surface area contributed by atoms with Crippen molar-refractivity contribution in [1.82, 2.24) is 4.57 Å². The molecule has 0 radical (unpaired) electrons. The molecular formula is C18H10Cl2FN3O. The molecule has 3 rings (SSSR count). The first-order valence-corrected chi connectivity index (χ1v) is 7.84. The smallest absolute Gasteiger partial charge is 0.211 e. The van der Waals surface area contributed by atoms with E-state index >= 15 is 0 Å². The largest absolute Gasteiger partial charge is 0.396 e. The monoisotopic (exact) mass is 373 g/mol. The number of aromatic nitrogens is 1. The second-order valence-corrected chi connectivity index (χ2v) is 6.06. The number of hydrogen-bond donors (Lipinski definition) is 1. The number of nitrogens with two attached hydrogens (primary N) is 1. The van der Waals surface area contributed by atoms with Crippen molar-refractivity contribution in [2.75, 3.05) is 5.73 Å². The van der Waals surface area contributed by atoms with Crippen LogP contribution in [0.3, 0.4) is 0 Å². The van der Waals surface area contributed by atoms with Gasteiger partial charge in [-0.3, -0.25) is 4.79 Å². The highest BCUT2D eigenvalue weighted by Crippen LogP contribution is 2.31. The third-order valence-electron chi connectivity index (χ3n) is 3.66. The van der Waals surface area contributed by atoms with Crippen LogP contribution in [-0.2, 0) is 0 Å². The minimum absolute atomic E-state index is 0.0304. The molecule has 7 heteroatoms. The average molecular weight is 374 g/mol. The summed E-state index contributed by atoms with van der Waals surface area (Å²) in [6.07, 6.45) is 1.43. The molecule has 4 nitrogen and oxygen atoms in total. The number of nitrogen functional groups attached to an aromatic ring is 1. The van der Waals surface area contributed by atoms with E-state index in [1.54, 1.807) is 12.1 Å². The van der Waals surface area contributed by atoms with E-state index in [0.717, 1.165) is 0 Å². The number of anilines is 1. The molecule has 0 saturated heterocycles. The molecule has 0 amide bonds. The van der Waals surface area contributed by atoms with Gasteiger partial charge in [-0.05, 0) is 42.5 Å². The van der Waals surface area contributed by atoms with Crippen molar-refractivity contribution in [2.45, 2.75) is 0 Å². The lowest BCUT2D eigenvalue weighted by Crippen LogP contribution is -2.11. The highest BCUT2D eigenvalue weighted by atomic mass is 35.5. The normalized spacial score (nSPS) is 10.5. The quantitative estimate of drug-likeness (QED) is 0.681. The lowest BCUT2D eigenvalue weighted by Gasteiger charge is -2.11. The molecule has 25 heavy (non-hydrogen) atoms. The number of hydrogen-bond acceptors (Lipinski definition) is 3. The second-order valence-electron chi connectivity index (χ2n) is 5.22. The first-order chi connectivity index (χ1) is 11.9. The molecule has 2 aromatic carbocycles. The van der Waals surface area contributed by atoms with Crippen molar-refractivity contribution in [3.8, 4) is 11.8 Å². The maximum atomic E-state index is 13.1. The van der Waals surface area contributed by atoms with Gasteiger partial charge in [0.05, 0.1) is 22.0 Å². The molecule has 124 valence electrons. The Morgan fingerprint density at radius 3 is 2.44 bits per heavy atom. The lowest BCUT2D eigenvalue weighted by atomic mass is 10.1. The minimum atomic E-state index is -0.460. The number of benzene rings is 2. The molecule has 1 aromatic heterocycles. The summed E-state index contributed by atoms with van der Waals surface area (Å²) in [7, 11) is 0. The van der Waals surface area contributed by atoms with Crippen molar-refractivity contribution >= 4 is 34.7 Å². The van der Waals surface area contributed by atoms with E-state index in [4.69, 9.17) is 28.9 Å². The van der Waals surface area contributed by atoms with Gasteiger partial charge in [0.1, 0.15) is 17.6 Å². The fourth-order valence-electron chi connectivity index (χ4n) is 2.45. The van der Waals surface area contributed by atoms with E-state index in [1.165, 1.54) is 41.1 Å². The van der Waals surface area contributed by atoms with Crippen LogP contribution in [0.4, 0.5) is 10.1 Å². The minimum Gasteiger partial charge on any atom is -0.396 e. The maximum Gasteiger partial charge on any atom is 0.211 e. The van der Waals surface area contributed by atoms with Gasteiger partial charge in [-0.2, -0.15) is 5.26 Å². The predicted molar refractivity (Wildman–Crippen MR) is 94.7 cm³/mol. The Morgan fingerprint density at radius 1 is 1.16 bits per heavy atom. The van der Waals surface area contributed by atoms with Gasteiger partial charge < -0.3 is 10.3 Å². The Bertz CT molecular complexity index is 1020. The zero-order valence-electron chi connectivity index (χ0n) is 12.6. The van der Waals surface area contributed by atoms with Crippen LogP contribution in [-0.4, -0.2) is 10.4 Å². The molecule has 0 aliphatic rings. The first kappa shape index (κ1) is 17.0. The summed E-state index contributed by atoms with van der Waals surface area (Å²) in [6.45, 7) is 0. The molecule has 0 atom stereocenters. The van der Waals surface area contributed by atoms with E-state index in [2.05, 4.69) is 0 Å². The second kappa shape index (κ2) is 6.60. The zero-order valence-corrected chi connectivity index (χ0v) is 14.1. The first-order valence-electron chi connectivity index (χ1n) is 7.09. The SMILES string of the molecule is N#Cc1cn(-c2ccc(Cl)cc2Cl)c(C(=O)c2ccc(F)cc2)c1N. The molecular weight excluding hydrogens is 364 g/mol. The number of carbonyl (C=O) groups is 1. The zero-order chi connectivity index (χ0) is 18.1. The van der Waals surface area contributed by atoms with Gasteiger partial charge in [0.2, 0.25) is 5.78 Å². The van der Waals surface area contributed by atoms with Gasteiger partial charge in [0, 0.05) is 16.8 Å². The topological polar surface area (TPSA) is 71.8 Å². The number of nitriles is 1. The highest BCUT2D eigenvalue weighted by Gasteiger charge is 2.23. The third-order valence-corrected chi connectivity index (χ3v) is 4.19. The van der Waals surface area contributed by atoms with Crippen molar-refractivity contribution in [2.24, 2.45) is 0 Å². The summed E-state index contributed by atoms with van der Waals surface area (Å²) in [5.41, 5.74) is 6.92. The predicted octanol–water partition coefficient (Wildman–Crippen LogP) is 4.61. The van der Waals surface area contributed by atoms with E-state index in [9.17, 15) is 14.4 Å². The van der Waals surface area contributed by atoms with Crippen LogP contribution in [0.15, 0.2) is 48.7 Å². The Hall–Kier alpha value is -2.81. The lowest BCUT2D eigenvalue weighted by molar-refractivity contribution is 0.103.